The molecule has 0 saturated heterocycles. The highest BCUT2D eigenvalue weighted by Crippen LogP contribution is 2.27. The van der Waals surface area contributed by atoms with Gasteiger partial charge in [0.25, 0.3) is 11.5 Å². The second-order valence-corrected chi connectivity index (χ2v) is 5.08. The van der Waals surface area contributed by atoms with Crippen LogP contribution >= 0.6 is 11.3 Å². The van der Waals surface area contributed by atoms with Crippen molar-refractivity contribution in [3.63, 3.8) is 0 Å². The fraction of sp³-hybridized carbons (Fsp3) is 0.417. The fourth-order valence-electron chi connectivity index (χ4n) is 1.95. The molecular formula is C12H15N3O3S. The van der Waals surface area contributed by atoms with Crippen LogP contribution in [0, 0.1) is 6.92 Å². The van der Waals surface area contributed by atoms with Crippen molar-refractivity contribution < 1.29 is 9.90 Å². The topological polar surface area (TPSA) is 86.3 Å². The van der Waals surface area contributed by atoms with Gasteiger partial charge in [0.2, 0.25) is 0 Å². The second-order valence-electron chi connectivity index (χ2n) is 4.08. The van der Waals surface area contributed by atoms with Gasteiger partial charge in [0.15, 0.2) is 0 Å². The molecule has 0 fully saturated rings. The Kier molecular flexibility index (Phi) is 3.96. The van der Waals surface area contributed by atoms with E-state index in [9.17, 15) is 9.59 Å². The van der Waals surface area contributed by atoms with Crippen LogP contribution in [0.25, 0.3) is 10.2 Å². The summed E-state index contributed by atoms with van der Waals surface area (Å²) in [6.45, 7) is 4.31. The molecule has 0 aromatic carbocycles. The van der Waals surface area contributed by atoms with Gasteiger partial charge in [0.05, 0.1) is 23.2 Å². The standard InChI is InChI=1S/C12H15N3O3S/c1-3-15(4-5-16)12(18)9-7(2)8-10(17)13-6-14-11(8)19-9/h6,16H,3-5H2,1-2H3,(H,13,14,17). The molecular weight excluding hydrogens is 266 g/mol. The minimum Gasteiger partial charge on any atom is -0.395 e. The lowest BCUT2D eigenvalue weighted by Gasteiger charge is -2.19. The van der Waals surface area contributed by atoms with Gasteiger partial charge in [0.1, 0.15) is 4.83 Å². The van der Waals surface area contributed by atoms with Gasteiger partial charge in [-0.25, -0.2) is 4.98 Å². The molecule has 2 aromatic heterocycles. The summed E-state index contributed by atoms with van der Waals surface area (Å²) in [5.41, 5.74) is 0.416. The lowest BCUT2D eigenvalue weighted by atomic mass is 10.2. The van der Waals surface area contributed by atoms with Crippen LogP contribution in [0.5, 0.6) is 0 Å². The molecule has 2 aromatic rings. The Morgan fingerprint density at radius 3 is 2.89 bits per heavy atom. The van der Waals surface area contributed by atoms with Gasteiger partial charge in [0, 0.05) is 13.1 Å². The Balaban J connectivity index is 2.51. The number of carbonyl (C=O) groups is 1. The number of carbonyl (C=O) groups excluding carboxylic acids is 1. The van der Waals surface area contributed by atoms with Crippen molar-refractivity contribution in [1.82, 2.24) is 14.9 Å². The van der Waals surface area contributed by atoms with Crippen LogP contribution in [0.2, 0.25) is 0 Å². The van der Waals surface area contributed by atoms with Gasteiger partial charge in [-0.3, -0.25) is 9.59 Å². The number of aliphatic hydroxyl groups is 1. The summed E-state index contributed by atoms with van der Waals surface area (Å²) in [5.74, 6) is -0.170. The lowest BCUT2D eigenvalue weighted by Crippen LogP contribution is -2.33. The van der Waals surface area contributed by atoms with Crippen molar-refractivity contribution in [1.29, 1.82) is 0 Å². The van der Waals surface area contributed by atoms with E-state index < -0.39 is 0 Å². The van der Waals surface area contributed by atoms with E-state index >= 15 is 0 Å². The van der Waals surface area contributed by atoms with Crippen LogP contribution in [0.4, 0.5) is 0 Å². The lowest BCUT2D eigenvalue weighted by molar-refractivity contribution is 0.0736. The van der Waals surface area contributed by atoms with E-state index in [1.54, 1.807) is 11.8 Å². The van der Waals surface area contributed by atoms with Crippen molar-refractivity contribution in [3.05, 3.63) is 27.1 Å². The molecule has 0 aliphatic carbocycles. The number of thiophene rings is 1. The average molecular weight is 281 g/mol. The zero-order valence-electron chi connectivity index (χ0n) is 10.8. The van der Waals surface area contributed by atoms with Crippen molar-refractivity contribution in [2.45, 2.75) is 13.8 Å². The summed E-state index contributed by atoms with van der Waals surface area (Å²) in [5, 5.41) is 9.43. The van der Waals surface area contributed by atoms with Crippen LogP contribution < -0.4 is 5.56 Å². The van der Waals surface area contributed by atoms with E-state index in [4.69, 9.17) is 5.11 Å². The molecule has 6 nitrogen and oxygen atoms in total. The number of rotatable bonds is 4. The smallest absolute Gasteiger partial charge is 0.264 e. The van der Waals surface area contributed by atoms with Gasteiger partial charge in [-0.1, -0.05) is 0 Å². The number of aryl methyl sites for hydroxylation is 1. The molecule has 0 bridgehead atoms. The molecule has 2 heterocycles. The number of amides is 1. The van der Waals surface area contributed by atoms with Gasteiger partial charge in [-0.2, -0.15) is 0 Å². The molecule has 102 valence electrons. The summed E-state index contributed by atoms with van der Waals surface area (Å²) in [6.07, 6.45) is 1.33. The Hall–Kier alpha value is -1.73. The Bertz CT molecular complexity index is 662. The maximum absolute atomic E-state index is 12.4. The predicted octanol–water partition coefficient (Wildman–Crippen LogP) is 0.747. The number of hydrogen-bond acceptors (Lipinski definition) is 5. The number of likely N-dealkylation sites (N-methyl/N-ethyl adjacent to an activating group) is 1. The van der Waals surface area contributed by atoms with Crippen molar-refractivity contribution in [2.75, 3.05) is 19.7 Å². The summed E-state index contributed by atoms with van der Waals surface area (Å²) in [4.78, 5) is 33.3. The third-order valence-electron chi connectivity index (χ3n) is 2.97. The van der Waals surface area contributed by atoms with Crippen molar-refractivity contribution in [3.8, 4) is 0 Å². The average Bonchev–Trinajstić information content (AvgIpc) is 2.74. The highest BCUT2D eigenvalue weighted by molar-refractivity contribution is 7.20. The Morgan fingerprint density at radius 1 is 1.58 bits per heavy atom. The van der Waals surface area contributed by atoms with E-state index in [0.29, 0.717) is 27.2 Å². The Labute approximate surface area is 113 Å². The molecule has 2 N–H and O–H groups in total. The third-order valence-corrected chi connectivity index (χ3v) is 4.15. The number of hydrogen-bond donors (Lipinski definition) is 2. The normalized spacial score (nSPS) is 10.9. The summed E-state index contributed by atoms with van der Waals surface area (Å²) >= 11 is 1.21. The zero-order chi connectivity index (χ0) is 14.0. The van der Waals surface area contributed by atoms with E-state index in [1.807, 2.05) is 6.92 Å². The van der Waals surface area contributed by atoms with Crippen LogP contribution in [-0.4, -0.2) is 45.6 Å². The third kappa shape index (κ3) is 2.39. The molecule has 19 heavy (non-hydrogen) atoms. The van der Waals surface area contributed by atoms with E-state index in [-0.39, 0.29) is 24.6 Å². The number of aromatic nitrogens is 2. The van der Waals surface area contributed by atoms with Crippen LogP contribution in [0.15, 0.2) is 11.1 Å². The highest BCUT2D eigenvalue weighted by Gasteiger charge is 2.21. The van der Waals surface area contributed by atoms with Gasteiger partial charge in [-0.05, 0) is 19.4 Å². The molecule has 0 aliphatic rings. The number of H-pyrrole nitrogens is 1. The zero-order valence-corrected chi connectivity index (χ0v) is 11.6. The van der Waals surface area contributed by atoms with Gasteiger partial charge in [-0.15, -0.1) is 11.3 Å². The minimum absolute atomic E-state index is 0.0810. The van der Waals surface area contributed by atoms with E-state index in [0.717, 1.165) is 0 Å². The first kappa shape index (κ1) is 13.7. The quantitative estimate of drug-likeness (QED) is 0.865. The Morgan fingerprint density at radius 2 is 2.32 bits per heavy atom. The highest BCUT2D eigenvalue weighted by atomic mass is 32.1. The molecule has 0 aliphatic heterocycles. The predicted molar refractivity (Wildman–Crippen MR) is 73.6 cm³/mol. The van der Waals surface area contributed by atoms with Crippen molar-refractivity contribution in [2.24, 2.45) is 0 Å². The van der Waals surface area contributed by atoms with Gasteiger partial charge < -0.3 is 15.0 Å². The first-order chi connectivity index (χ1) is 9.10. The van der Waals surface area contributed by atoms with Crippen LogP contribution in [0.1, 0.15) is 22.2 Å². The summed E-state index contributed by atoms with van der Waals surface area (Å²) in [6, 6.07) is 0. The molecule has 0 radical (unpaired) electrons. The monoisotopic (exact) mass is 281 g/mol. The van der Waals surface area contributed by atoms with E-state index in [1.165, 1.54) is 17.7 Å². The summed E-state index contributed by atoms with van der Waals surface area (Å²) in [7, 11) is 0. The van der Waals surface area contributed by atoms with Crippen LogP contribution in [-0.2, 0) is 0 Å². The minimum atomic E-state index is -0.233. The van der Waals surface area contributed by atoms with Crippen molar-refractivity contribution >= 4 is 27.5 Å². The molecule has 0 spiro atoms. The number of fused-ring (bicyclic) bond motifs is 1. The number of aliphatic hydroxyl groups excluding tert-OH is 1. The molecule has 0 unspecified atom stereocenters. The maximum atomic E-state index is 12.4. The van der Waals surface area contributed by atoms with Crippen LogP contribution in [0.3, 0.4) is 0 Å². The molecule has 1 amide bonds. The summed E-state index contributed by atoms with van der Waals surface area (Å²) < 4.78 is 0. The SMILES string of the molecule is CCN(CCO)C(=O)c1sc2nc[nH]c(=O)c2c1C. The number of nitrogens with one attached hydrogen (secondary N) is 1. The number of aromatic amines is 1. The van der Waals surface area contributed by atoms with Gasteiger partial charge >= 0.3 is 0 Å². The fourth-order valence-corrected chi connectivity index (χ4v) is 3.07. The first-order valence-corrected chi connectivity index (χ1v) is 6.78. The second kappa shape index (κ2) is 5.50. The maximum Gasteiger partial charge on any atom is 0.264 e. The molecule has 2 rings (SSSR count). The molecule has 0 saturated carbocycles. The number of nitrogens with zero attached hydrogens (tertiary/aromatic N) is 2. The van der Waals surface area contributed by atoms with E-state index in [2.05, 4.69) is 9.97 Å². The first-order valence-electron chi connectivity index (χ1n) is 5.97. The molecule has 0 atom stereocenters. The largest absolute Gasteiger partial charge is 0.395 e. The molecule has 7 heteroatoms.